The van der Waals surface area contributed by atoms with E-state index in [0.717, 1.165) is 74.4 Å². The van der Waals surface area contributed by atoms with Crippen LogP contribution in [0.15, 0.2) is 97.1 Å². The van der Waals surface area contributed by atoms with Crippen LogP contribution in [0.2, 0.25) is 0 Å². The molecule has 0 bridgehead atoms. The summed E-state index contributed by atoms with van der Waals surface area (Å²) in [5, 5.41) is 50.6. The van der Waals surface area contributed by atoms with Crippen molar-refractivity contribution in [1.82, 2.24) is 0 Å². The number of aliphatic hydroxyl groups is 2. The molecular formula is C50H58N4O10. The van der Waals surface area contributed by atoms with Gasteiger partial charge in [-0.1, -0.05) is 110 Å². The van der Waals surface area contributed by atoms with Crippen LogP contribution in [0.4, 0.5) is 11.4 Å². The second kappa shape index (κ2) is 19.4. The van der Waals surface area contributed by atoms with Crippen LogP contribution in [0.5, 0.6) is 0 Å². The van der Waals surface area contributed by atoms with Gasteiger partial charge in [-0.25, -0.2) is 0 Å². The van der Waals surface area contributed by atoms with Crippen molar-refractivity contribution in [1.29, 1.82) is 0 Å². The number of benzene rings is 4. The lowest BCUT2D eigenvalue weighted by atomic mass is 9.73. The number of carboxylic acids is 2. The maximum Gasteiger partial charge on any atom is 0.240 e. The number of carbonyl (C=O) groups excluding carboxylic acids is 6. The third-order valence-electron chi connectivity index (χ3n) is 13.2. The molecule has 0 aromatic heterocycles. The largest absolute Gasteiger partial charge is 0.546 e. The Labute approximate surface area is 373 Å². The number of hydrogen-bond acceptors (Lipinski definition) is 10. The second-order valence-electron chi connectivity index (χ2n) is 17.6. The van der Waals surface area contributed by atoms with Gasteiger partial charge in [-0.3, -0.25) is 19.2 Å². The van der Waals surface area contributed by atoms with Gasteiger partial charge in [0, 0.05) is 22.5 Å². The number of carbonyl (C=O) groups is 6. The molecule has 4 aromatic carbocycles. The monoisotopic (exact) mass is 874 g/mol. The Hall–Kier alpha value is -6.06. The summed E-state index contributed by atoms with van der Waals surface area (Å²) in [5.74, 6) is -8.36. The van der Waals surface area contributed by atoms with E-state index in [0.29, 0.717) is 11.1 Å². The average molecular weight is 875 g/mol. The summed E-state index contributed by atoms with van der Waals surface area (Å²) in [6.07, 6.45) is 6.68. The topological polar surface area (TPSA) is 222 Å². The Morgan fingerprint density at radius 3 is 1.27 bits per heavy atom. The molecule has 6 atom stereocenters. The maximum absolute atomic E-state index is 12.7. The van der Waals surface area contributed by atoms with Crippen molar-refractivity contribution in [2.45, 2.75) is 88.3 Å². The van der Waals surface area contributed by atoms with Crippen molar-refractivity contribution in [2.75, 3.05) is 49.9 Å². The lowest BCUT2D eigenvalue weighted by molar-refractivity contribution is -0.908. The third-order valence-corrected chi connectivity index (χ3v) is 13.2. The number of carboxylic acid groups (broad SMARTS) is 2. The first-order valence-electron chi connectivity index (χ1n) is 22.1. The number of ketones is 2. The summed E-state index contributed by atoms with van der Waals surface area (Å²) in [4.78, 5) is 76.7. The molecule has 6 N–H and O–H groups in total. The SMILES string of the molecule is CCC[NH+]1CCC[C@]2(C1)C(=O)Nc1ccccc12.CCC[NH+]1CCC[C@]2(C1)C(=O)Nc1ccccc12.Cc1ccc(C(=O)[C@](O)(C(=O)[O-])[C@@](O)(C(=O)[O-])C(=O)c2ccc(C)cc2)cc1. The third kappa shape index (κ3) is 8.75. The summed E-state index contributed by atoms with van der Waals surface area (Å²) < 4.78 is 0. The number of aryl methyl sites for hydroxylation is 2. The van der Waals surface area contributed by atoms with Crippen LogP contribution in [0.1, 0.15) is 95.3 Å². The number of amides is 2. The molecule has 64 heavy (non-hydrogen) atoms. The quantitative estimate of drug-likeness (QED) is 0.0892. The van der Waals surface area contributed by atoms with Gasteiger partial charge in [-0.2, -0.15) is 0 Å². The van der Waals surface area contributed by atoms with Crippen molar-refractivity contribution in [3.8, 4) is 0 Å². The van der Waals surface area contributed by atoms with Gasteiger partial charge in [0.25, 0.3) is 0 Å². The molecule has 2 unspecified atom stereocenters. The van der Waals surface area contributed by atoms with Gasteiger partial charge in [-0.05, 0) is 75.6 Å². The lowest BCUT2D eigenvalue weighted by Crippen LogP contribution is -3.15. The van der Waals surface area contributed by atoms with E-state index >= 15 is 0 Å². The van der Waals surface area contributed by atoms with Gasteiger partial charge in [0.15, 0.2) is 0 Å². The fraction of sp³-hybridized carbons (Fsp3) is 0.400. The number of anilines is 2. The number of piperidine rings is 2. The van der Waals surface area contributed by atoms with E-state index < -0.39 is 45.8 Å². The van der Waals surface area contributed by atoms with Gasteiger partial charge >= 0.3 is 0 Å². The van der Waals surface area contributed by atoms with Crippen LogP contribution in [0.25, 0.3) is 0 Å². The Morgan fingerprint density at radius 1 is 0.594 bits per heavy atom. The number of fused-ring (bicyclic) bond motifs is 4. The minimum Gasteiger partial charge on any atom is -0.546 e. The fourth-order valence-corrected chi connectivity index (χ4v) is 9.85. The molecule has 4 aliphatic heterocycles. The summed E-state index contributed by atoms with van der Waals surface area (Å²) in [6.45, 7) is 14.5. The molecule has 0 radical (unpaired) electrons. The smallest absolute Gasteiger partial charge is 0.240 e. The van der Waals surface area contributed by atoms with Gasteiger partial charge in [-0.15, -0.1) is 0 Å². The fourth-order valence-electron chi connectivity index (χ4n) is 9.85. The molecular weight excluding hydrogens is 817 g/mol. The summed E-state index contributed by atoms with van der Waals surface area (Å²) in [7, 11) is 0. The molecule has 8 rings (SSSR count). The lowest BCUT2D eigenvalue weighted by Gasteiger charge is -2.42. The number of rotatable bonds is 11. The summed E-state index contributed by atoms with van der Waals surface area (Å²) in [5.41, 5.74) is -3.81. The predicted octanol–water partition coefficient (Wildman–Crippen LogP) is 0.261. The van der Waals surface area contributed by atoms with Gasteiger partial charge in [0.1, 0.15) is 10.8 Å². The first-order valence-corrected chi connectivity index (χ1v) is 22.1. The van der Waals surface area contributed by atoms with E-state index in [4.69, 9.17) is 0 Å². The molecule has 0 saturated carbocycles. The van der Waals surface area contributed by atoms with E-state index in [1.54, 1.807) is 23.6 Å². The Bertz CT molecular complexity index is 2230. The molecule has 338 valence electrons. The van der Waals surface area contributed by atoms with E-state index in [2.05, 4.69) is 48.7 Å². The highest BCUT2D eigenvalue weighted by Crippen LogP contribution is 2.42. The van der Waals surface area contributed by atoms with Crippen LogP contribution < -0.4 is 30.6 Å². The average Bonchev–Trinajstić information content (AvgIpc) is 3.70. The number of nitrogens with one attached hydrogen (secondary N) is 4. The van der Waals surface area contributed by atoms with E-state index in [9.17, 15) is 49.2 Å². The normalized spacial score (nSPS) is 23.7. The highest BCUT2D eigenvalue weighted by atomic mass is 16.5. The standard InChI is InChI=1S/C20H18O8.2C15H20N2O/c1-11-3-7-13(8-4-11)15(21)19(27,17(23)24)20(28,18(25)26)16(22)14-9-5-12(2)6-10-14;2*1-2-9-17-10-5-8-15(11-17)12-6-3-4-7-13(12)16-14(15)18/h3-10,27-28H,1-2H3,(H,23,24)(H,25,26);2*3-4,6-7H,2,5,8-11H2,1H3,(H,16,18)/t19-,20-;2*15-/m011/s1. The van der Waals surface area contributed by atoms with Crippen LogP contribution in [-0.4, -0.2) is 96.0 Å². The molecule has 4 heterocycles. The highest BCUT2D eigenvalue weighted by molar-refractivity contribution is 6.27. The van der Waals surface area contributed by atoms with Crippen molar-refractivity contribution < 1.29 is 59.0 Å². The first-order chi connectivity index (χ1) is 30.5. The molecule has 2 fully saturated rings. The number of Topliss-reactive ketones (excluding diaryl/α,β-unsaturated/α-hetero) is 2. The Morgan fingerprint density at radius 2 is 0.938 bits per heavy atom. The highest BCUT2D eigenvalue weighted by Gasteiger charge is 2.62. The van der Waals surface area contributed by atoms with E-state index in [1.165, 1.54) is 74.4 Å². The summed E-state index contributed by atoms with van der Waals surface area (Å²) >= 11 is 0. The zero-order chi connectivity index (χ0) is 46.5. The number of quaternary nitrogens is 2. The van der Waals surface area contributed by atoms with Gasteiger partial charge in [0.05, 0.1) is 51.2 Å². The molecule has 2 spiro atoms. The van der Waals surface area contributed by atoms with Crippen molar-refractivity contribution in [2.24, 2.45) is 0 Å². The number of para-hydroxylation sites is 2. The molecule has 2 amide bonds. The number of likely N-dealkylation sites (tertiary alicyclic amines) is 2. The molecule has 2 saturated heterocycles. The Balaban J connectivity index is 0.000000165. The van der Waals surface area contributed by atoms with E-state index in [-0.39, 0.29) is 22.6 Å². The first kappa shape index (κ1) is 47.4. The van der Waals surface area contributed by atoms with Crippen LogP contribution >= 0.6 is 0 Å². The zero-order valence-electron chi connectivity index (χ0n) is 36.9. The molecule has 4 aromatic rings. The number of hydrogen-bond donors (Lipinski definition) is 6. The second-order valence-corrected chi connectivity index (χ2v) is 17.6. The van der Waals surface area contributed by atoms with Crippen molar-refractivity contribution in [3.63, 3.8) is 0 Å². The Kier molecular flexibility index (Phi) is 14.3. The van der Waals surface area contributed by atoms with Crippen LogP contribution in [0, 0.1) is 13.8 Å². The minimum absolute atomic E-state index is 0.219. The number of aliphatic carboxylic acids is 2. The van der Waals surface area contributed by atoms with Crippen molar-refractivity contribution >= 4 is 46.7 Å². The minimum atomic E-state index is -4.14. The van der Waals surface area contributed by atoms with Crippen molar-refractivity contribution in [3.05, 3.63) is 130 Å². The van der Waals surface area contributed by atoms with Gasteiger partial charge in [0.2, 0.25) is 34.6 Å². The molecule has 4 aliphatic rings. The zero-order valence-corrected chi connectivity index (χ0v) is 36.9. The maximum atomic E-state index is 12.7. The van der Waals surface area contributed by atoms with Crippen LogP contribution in [-0.2, 0) is 30.0 Å². The van der Waals surface area contributed by atoms with Gasteiger partial charge < -0.3 is 50.4 Å². The predicted molar refractivity (Wildman–Crippen MR) is 235 cm³/mol. The van der Waals surface area contributed by atoms with E-state index in [1.807, 2.05) is 24.3 Å². The molecule has 14 heteroatoms. The molecule has 14 nitrogen and oxygen atoms in total. The molecule has 0 aliphatic carbocycles. The summed E-state index contributed by atoms with van der Waals surface area (Å²) in [6, 6.07) is 26.4. The van der Waals surface area contributed by atoms with Crippen LogP contribution in [0.3, 0.4) is 0 Å².